The first-order chi connectivity index (χ1) is 10.8. The number of H-pyrrole nitrogens is 1. The number of rotatable bonds is 5. The number of thioether (sulfide) groups is 1. The summed E-state index contributed by atoms with van der Waals surface area (Å²) in [5.41, 5.74) is 1.84. The Bertz CT molecular complexity index is 650. The first kappa shape index (κ1) is 15.2. The molecular weight excluding hydrogens is 298 g/mol. The molecule has 0 spiro atoms. The molecule has 1 aliphatic heterocycles. The van der Waals surface area contributed by atoms with Crippen molar-refractivity contribution in [2.45, 2.75) is 31.3 Å². The summed E-state index contributed by atoms with van der Waals surface area (Å²) >= 11 is 1.47. The summed E-state index contributed by atoms with van der Waals surface area (Å²) in [6.07, 6.45) is 3.49. The molecular formula is C16H21N3O2S. The summed E-state index contributed by atoms with van der Waals surface area (Å²) in [6, 6.07) is 5.80. The molecule has 1 aliphatic rings. The fraction of sp³-hybridized carbons (Fsp3) is 0.500. The molecule has 2 heterocycles. The standard InChI is InChI=1S/C16H21N3O2S/c1-2-21-12-6-7-13-14(10-12)18-16(17-13)22-11-15(20)19-8-4-3-5-9-19/h6-7,10H,2-5,8-9,11H2,1H3,(H,17,18). The fourth-order valence-electron chi connectivity index (χ4n) is 2.65. The fourth-order valence-corrected chi connectivity index (χ4v) is 3.44. The van der Waals surface area contributed by atoms with Crippen molar-refractivity contribution in [1.29, 1.82) is 0 Å². The lowest BCUT2D eigenvalue weighted by molar-refractivity contribution is -0.129. The second kappa shape index (κ2) is 7.05. The van der Waals surface area contributed by atoms with E-state index in [4.69, 9.17) is 4.74 Å². The number of carbonyl (C=O) groups excluding carboxylic acids is 1. The molecule has 1 N–H and O–H groups in total. The summed E-state index contributed by atoms with van der Waals surface area (Å²) < 4.78 is 5.49. The highest BCUT2D eigenvalue weighted by Crippen LogP contribution is 2.23. The Morgan fingerprint density at radius 3 is 2.95 bits per heavy atom. The van der Waals surface area contributed by atoms with Gasteiger partial charge < -0.3 is 14.6 Å². The van der Waals surface area contributed by atoms with Crippen LogP contribution < -0.4 is 4.74 Å². The van der Waals surface area contributed by atoms with Crippen LogP contribution in [0, 0.1) is 0 Å². The molecule has 5 nitrogen and oxygen atoms in total. The number of aromatic amines is 1. The Morgan fingerprint density at radius 2 is 2.18 bits per heavy atom. The van der Waals surface area contributed by atoms with Crippen LogP contribution in [0.1, 0.15) is 26.2 Å². The van der Waals surface area contributed by atoms with Gasteiger partial charge in [0.2, 0.25) is 5.91 Å². The quantitative estimate of drug-likeness (QED) is 0.861. The zero-order chi connectivity index (χ0) is 15.4. The highest BCUT2D eigenvalue weighted by molar-refractivity contribution is 7.99. The predicted octanol–water partition coefficient (Wildman–Crippen LogP) is 3.07. The summed E-state index contributed by atoms with van der Waals surface area (Å²) in [5, 5.41) is 0.786. The van der Waals surface area contributed by atoms with Crippen molar-refractivity contribution < 1.29 is 9.53 Å². The maximum atomic E-state index is 12.2. The third-order valence-electron chi connectivity index (χ3n) is 3.78. The highest BCUT2D eigenvalue weighted by atomic mass is 32.2. The third kappa shape index (κ3) is 3.55. The molecule has 2 aromatic rings. The zero-order valence-electron chi connectivity index (χ0n) is 12.8. The Labute approximate surface area is 134 Å². The number of imidazole rings is 1. The Kier molecular flexibility index (Phi) is 4.87. The number of hydrogen-bond acceptors (Lipinski definition) is 4. The van der Waals surface area contributed by atoms with E-state index in [2.05, 4.69) is 9.97 Å². The number of ether oxygens (including phenoxy) is 1. The van der Waals surface area contributed by atoms with E-state index in [9.17, 15) is 4.79 Å². The number of piperidine rings is 1. The molecule has 0 saturated carbocycles. The van der Waals surface area contributed by atoms with Crippen molar-refractivity contribution in [2.24, 2.45) is 0 Å². The molecule has 1 saturated heterocycles. The molecule has 0 bridgehead atoms. The number of aromatic nitrogens is 2. The van der Waals surface area contributed by atoms with E-state index in [1.807, 2.05) is 30.0 Å². The van der Waals surface area contributed by atoms with Crippen molar-refractivity contribution in [1.82, 2.24) is 14.9 Å². The molecule has 1 aromatic heterocycles. The number of fused-ring (bicyclic) bond motifs is 1. The summed E-state index contributed by atoms with van der Waals surface area (Å²) in [5.74, 6) is 1.48. The van der Waals surface area contributed by atoms with Crippen LogP contribution in [0.2, 0.25) is 0 Å². The van der Waals surface area contributed by atoms with E-state index in [0.717, 1.165) is 47.9 Å². The largest absolute Gasteiger partial charge is 0.494 e. The van der Waals surface area contributed by atoms with E-state index < -0.39 is 0 Å². The van der Waals surface area contributed by atoms with Crippen molar-refractivity contribution >= 4 is 28.7 Å². The van der Waals surface area contributed by atoms with Crippen molar-refractivity contribution in [3.8, 4) is 5.75 Å². The minimum Gasteiger partial charge on any atom is -0.494 e. The van der Waals surface area contributed by atoms with Gasteiger partial charge >= 0.3 is 0 Å². The predicted molar refractivity (Wildman–Crippen MR) is 88.4 cm³/mol. The molecule has 3 rings (SSSR count). The van der Waals surface area contributed by atoms with Crippen LogP contribution in [0.15, 0.2) is 23.4 Å². The topological polar surface area (TPSA) is 58.2 Å². The summed E-state index contributed by atoms with van der Waals surface area (Å²) in [6.45, 7) is 4.41. The monoisotopic (exact) mass is 319 g/mol. The lowest BCUT2D eigenvalue weighted by atomic mass is 10.1. The SMILES string of the molecule is CCOc1ccc2nc(SCC(=O)N3CCCCC3)[nH]c2c1. The molecule has 0 unspecified atom stereocenters. The molecule has 6 heteroatoms. The second-order valence-electron chi connectivity index (χ2n) is 5.38. The van der Waals surface area contributed by atoms with E-state index >= 15 is 0 Å². The first-order valence-corrected chi connectivity index (χ1v) is 8.78. The maximum Gasteiger partial charge on any atom is 0.233 e. The number of amides is 1. The van der Waals surface area contributed by atoms with Gasteiger partial charge in [0.1, 0.15) is 5.75 Å². The van der Waals surface area contributed by atoms with Gasteiger partial charge in [-0.2, -0.15) is 0 Å². The normalized spacial score (nSPS) is 15.2. The molecule has 1 amide bonds. The minimum absolute atomic E-state index is 0.208. The van der Waals surface area contributed by atoms with Gasteiger partial charge in [0.15, 0.2) is 5.16 Å². The lowest BCUT2D eigenvalue weighted by Crippen LogP contribution is -2.36. The van der Waals surface area contributed by atoms with Crippen LogP contribution in [-0.2, 0) is 4.79 Å². The van der Waals surface area contributed by atoms with E-state index in [-0.39, 0.29) is 5.91 Å². The van der Waals surface area contributed by atoms with Crippen molar-refractivity contribution in [2.75, 3.05) is 25.4 Å². The Morgan fingerprint density at radius 1 is 1.36 bits per heavy atom. The first-order valence-electron chi connectivity index (χ1n) is 7.79. The van der Waals surface area contributed by atoms with Crippen LogP contribution >= 0.6 is 11.8 Å². The van der Waals surface area contributed by atoms with Crippen LogP contribution in [0.3, 0.4) is 0 Å². The van der Waals surface area contributed by atoms with Crippen molar-refractivity contribution in [3.63, 3.8) is 0 Å². The molecule has 0 radical (unpaired) electrons. The zero-order valence-corrected chi connectivity index (χ0v) is 13.6. The van der Waals surface area contributed by atoms with Crippen LogP contribution in [0.5, 0.6) is 5.75 Å². The summed E-state index contributed by atoms with van der Waals surface area (Å²) in [7, 11) is 0. The van der Waals surface area contributed by atoms with Crippen molar-refractivity contribution in [3.05, 3.63) is 18.2 Å². The molecule has 22 heavy (non-hydrogen) atoms. The minimum atomic E-state index is 0.208. The molecule has 1 fully saturated rings. The van der Waals surface area contributed by atoms with Crippen LogP contribution in [0.25, 0.3) is 11.0 Å². The van der Waals surface area contributed by atoms with Gasteiger partial charge in [0.25, 0.3) is 0 Å². The highest BCUT2D eigenvalue weighted by Gasteiger charge is 2.17. The Hall–Kier alpha value is -1.69. The van der Waals surface area contributed by atoms with Gasteiger partial charge in [0.05, 0.1) is 23.4 Å². The number of carbonyl (C=O) groups is 1. The molecule has 0 aliphatic carbocycles. The Balaban J connectivity index is 1.62. The molecule has 1 aromatic carbocycles. The average molecular weight is 319 g/mol. The smallest absolute Gasteiger partial charge is 0.233 e. The van der Waals surface area contributed by atoms with E-state index in [1.54, 1.807) is 0 Å². The number of nitrogens with zero attached hydrogens (tertiary/aromatic N) is 2. The maximum absolute atomic E-state index is 12.2. The molecule has 118 valence electrons. The van der Waals surface area contributed by atoms with E-state index in [1.165, 1.54) is 18.2 Å². The van der Waals surface area contributed by atoms with E-state index in [0.29, 0.717) is 12.4 Å². The second-order valence-corrected chi connectivity index (χ2v) is 6.35. The number of likely N-dealkylation sites (tertiary alicyclic amines) is 1. The van der Waals surface area contributed by atoms with Gasteiger partial charge in [-0.05, 0) is 38.3 Å². The van der Waals surface area contributed by atoms with Gasteiger partial charge in [-0.15, -0.1) is 0 Å². The lowest BCUT2D eigenvalue weighted by Gasteiger charge is -2.26. The summed E-state index contributed by atoms with van der Waals surface area (Å²) in [4.78, 5) is 21.9. The average Bonchev–Trinajstić information content (AvgIpc) is 2.96. The van der Waals surface area contributed by atoms with Gasteiger partial charge in [-0.1, -0.05) is 11.8 Å². The van der Waals surface area contributed by atoms with Crippen LogP contribution in [-0.4, -0.2) is 46.2 Å². The number of nitrogens with one attached hydrogen (secondary N) is 1. The van der Waals surface area contributed by atoms with Crippen LogP contribution in [0.4, 0.5) is 0 Å². The number of benzene rings is 1. The van der Waals surface area contributed by atoms with Gasteiger partial charge in [0, 0.05) is 19.2 Å². The van der Waals surface area contributed by atoms with Gasteiger partial charge in [-0.3, -0.25) is 4.79 Å². The van der Waals surface area contributed by atoms with Gasteiger partial charge in [-0.25, -0.2) is 4.98 Å². The third-order valence-corrected chi connectivity index (χ3v) is 4.64. The molecule has 0 atom stereocenters. The number of hydrogen-bond donors (Lipinski definition) is 1.